The molecule has 0 spiro atoms. The van der Waals surface area contributed by atoms with Crippen LogP contribution in [0, 0.1) is 0 Å². The Balaban J connectivity index is 2.25. The Labute approximate surface area is 134 Å². The molecule has 1 heterocycles. The molecule has 0 radical (unpaired) electrons. The van der Waals surface area contributed by atoms with E-state index in [2.05, 4.69) is 27.7 Å². The van der Waals surface area contributed by atoms with Gasteiger partial charge in [0.2, 0.25) is 4.38 Å². The molecule has 3 nitrogen and oxygen atoms in total. The molecule has 0 aromatic carbocycles. The lowest BCUT2D eigenvalue weighted by Crippen LogP contribution is -2.43. The van der Waals surface area contributed by atoms with Crippen molar-refractivity contribution in [3.05, 3.63) is 0 Å². The molecule has 0 saturated carbocycles. The zero-order valence-electron chi connectivity index (χ0n) is 13.3. The summed E-state index contributed by atoms with van der Waals surface area (Å²) in [5.74, 6) is 0.924. The molecule has 0 bridgehead atoms. The second-order valence-electron chi connectivity index (χ2n) is 5.95. The molecule has 1 atom stereocenters. The van der Waals surface area contributed by atoms with E-state index in [0.717, 1.165) is 24.8 Å². The second-order valence-corrected chi connectivity index (χ2v) is 12.7. The molecule has 0 N–H and O–H groups in total. The van der Waals surface area contributed by atoms with Crippen molar-refractivity contribution >= 4 is 36.7 Å². The standard InChI is InChI=1S/C14H28O3S2Si/c1-11(2)20(15-5,12(3)4)8-6-7-16-9-13-10-19-14(18)17-13/h11-13H,6-10H2,1-5H3. The van der Waals surface area contributed by atoms with E-state index in [9.17, 15) is 0 Å². The lowest BCUT2D eigenvalue weighted by atomic mass is 10.4. The summed E-state index contributed by atoms with van der Waals surface area (Å²) in [6, 6.07) is 1.16. The van der Waals surface area contributed by atoms with Crippen LogP contribution in [0.4, 0.5) is 0 Å². The topological polar surface area (TPSA) is 27.7 Å². The highest BCUT2D eigenvalue weighted by molar-refractivity contribution is 8.22. The van der Waals surface area contributed by atoms with Crippen molar-refractivity contribution < 1.29 is 13.9 Å². The summed E-state index contributed by atoms with van der Waals surface area (Å²) in [4.78, 5) is 0. The van der Waals surface area contributed by atoms with Gasteiger partial charge in [-0.25, -0.2) is 0 Å². The molecular formula is C14H28O3S2Si. The molecule has 1 rings (SSSR count). The fraction of sp³-hybridized carbons (Fsp3) is 0.929. The molecule has 1 saturated heterocycles. The molecule has 1 aliphatic rings. The molecule has 1 unspecified atom stereocenters. The highest BCUT2D eigenvalue weighted by Gasteiger charge is 2.40. The van der Waals surface area contributed by atoms with Crippen molar-refractivity contribution in [1.29, 1.82) is 0 Å². The Hall–Kier alpha value is 0.377. The molecular weight excluding hydrogens is 308 g/mol. The van der Waals surface area contributed by atoms with Gasteiger partial charge in [0.15, 0.2) is 8.32 Å². The zero-order chi connectivity index (χ0) is 15.2. The van der Waals surface area contributed by atoms with E-state index < -0.39 is 8.32 Å². The first-order chi connectivity index (χ1) is 9.42. The average molecular weight is 337 g/mol. The van der Waals surface area contributed by atoms with Crippen LogP contribution in [0.2, 0.25) is 17.1 Å². The molecule has 0 aliphatic carbocycles. The van der Waals surface area contributed by atoms with Crippen molar-refractivity contribution in [3.8, 4) is 0 Å². The van der Waals surface area contributed by atoms with Crippen molar-refractivity contribution in [2.24, 2.45) is 0 Å². The minimum absolute atomic E-state index is 0.145. The fourth-order valence-corrected chi connectivity index (χ4v) is 8.29. The van der Waals surface area contributed by atoms with E-state index in [1.54, 1.807) is 11.8 Å². The summed E-state index contributed by atoms with van der Waals surface area (Å²) in [7, 11) is 0.234. The molecule has 20 heavy (non-hydrogen) atoms. The van der Waals surface area contributed by atoms with Crippen molar-refractivity contribution in [3.63, 3.8) is 0 Å². The number of thiocarbonyl (C=S) groups is 1. The van der Waals surface area contributed by atoms with Gasteiger partial charge in [-0.1, -0.05) is 39.5 Å². The van der Waals surface area contributed by atoms with Crippen LogP contribution in [-0.2, 0) is 13.9 Å². The SMILES string of the molecule is CO[Si](CCCOCC1CSC(=S)O1)(C(C)C)C(C)C. The van der Waals surface area contributed by atoms with Crippen LogP contribution in [0.5, 0.6) is 0 Å². The van der Waals surface area contributed by atoms with E-state index in [-0.39, 0.29) is 6.10 Å². The maximum Gasteiger partial charge on any atom is 0.220 e. The van der Waals surface area contributed by atoms with E-state index in [1.165, 1.54) is 0 Å². The highest BCUT2D eigenvalue weighted by Crippen LogP contribution is 2.37. The van der Waals surface area contributed by atoms with Gasteiger partial charge in [0.25, 0.3) is 0 Å². The summed E-state index contributed by atoms with van der Waals surface area (Å²) < 4.78 is 17.8. The van der Waals surface area contributed by atoms with Crippen LogP contribution in [0.15, 0.2) is 0 Å². The lowest BCUT2D eigenvalue weighted by Gasteiger charge is -2.37. The molecule has 0 aromatic rings. The van der Waals surface area contributed by atoms with Crippen molar-refractivity contribution in [2.75, 3.05) is 26.1 Å². The third-order valence-corrected chi connectivity index (χ3v) is 11.3. The van der Waals surface area contributed by atoms with Crippen LogP contribution >= 0.6 is 24.0 Å². The summed E-state index contributed by atoms with van der Waals surface area (Å²) in [5, 5.41) is 0. The smallest absolute Gasteiger partial charge is 0.220 e. The zero-order valence-corrected chi connectivity index (χ0v) is 15.9. The van der Waals surface area contributed by atoms with Crippen molar-refractivity contribution in [1.82, 2.24) is 0 Å². The lowest BCUT2D eigenvalue weighted by molar-refractivity contribution is 0.0620. The normalized spacial score (nSPS) is 19.9. The highest BCUT2D eigenvalue weighted by atomic mass is 32.2. The third kappa shape index (κ3) is 4.98. The number of thioether (sulfide) groups is 1. The number of hydrogen-bond acceptors (Lipinski definition) is 5. The first-order valence-corrected chi connectivity index (χ1v) is 11.0. The first-order valence-electron chi connectivity index (χ1n) is 7.38. The van der Waals surface area contributed by atoms with Crippen LogP contribution in [-0.4, -0.2) is 44.9 Å². The second kappa shape index (κ2) is 8.73. The van der Waals surface area contributed by atoms with Crippen LogP contribution in [0.3, 0.4) is 0 Å². The summed E-state index contributed by atoms with van der Waals surface area (Å²) in [6.07, 6.45) is 1.22. The molecule has 0 aromatic heterocycles. The molecule has 1 fully saturated rings. The maximum atomic E-state index is 5.99. The summed E-state index contributed by atoms with van der Waals surface area (Å²) in [6.45, 7) is 10.6. The van der Waals surface area contributed by atoms with Gasteiger partial charge in [-0.2, -0.15) is 0 Å². The number of rotatable bonds is 9. The Kier molecular flexibility index (Phi) is 8.04. The van der Waals surface area contributed by atoms with Gasteiger partial charge in [0.05, 0.1) is 6.61 Å². The quantitative estimate of drug-likeness (QED) is 0.357. The predicted octanol–water partition coefficient (Wildman–Crippen LogP) is 4.22. The Morgan fingerprint density at radius 3 is 2.45 bits per heavy atom. The first kappa shape index (κ1) is 18.4. The van der Waals surface area contributed by atoms with Crippen molar-refractivity contribution in [2.45, 2.75) is 57.3 Å². The third-order valence-electron chi connectivity index (χ3n) is 4.14. The van der Waals surface area contributed by atoms with E-state index >= 15 is 0 Å². The predicted molar refractivity (Wildman–Crippen MR) is 93.1 cm³/mol. The minimum Gasteiger partial charge on any atom is -0.472 e. The number of hydrogen-bond donors (Lipinski definition) is 0. The van der Waals surface area contributed by atoms with E-state index in [0.29, 0.717) is 22.1 Å². The Bertz CT molecular complexity index is 303. The molecule has 1 aliphatic heterocycles. The van der Waals surface area contributed by atoms with Gasteiger partial charge in [-0.15, -0.1) is 0 Å². The van der Waals surface area contributed by atoms with Gasteiger partial charge >= 0.3 is 0 Å². The van der Waals surface area contributed by atoms with Gasteiger partial charge in [-0.3, -0.25) is 0 Å². The van der Waals surface area contributed by atoms with Crippen LogP contribution < -0.4 is 0 Å². The molecule has 118 valence electrons. The maximum absolute atomic E-state index is 5.99. The summed E-state index contributed by atoms with van der Waals surface area (Å²) >= 11 is 6.59. The Morgan fingerprint density at radius 1 is 1.35 bits per heavy atom. The van der Waals surface area contributed by atoms with Gasteiger partial charge < -0.3 is 13.9 Å². The van der Waals surface area contributed by atoms with Crippen LogP contribution in [0.25, 0.3) is 0 Å². The van der Waals surface area contributed by atoms with Gasteiger partial charge in [0, 0.05) is 19.5 Å². The number of ether oxygens (including phenoxy) is 2. The summed E-state index contributed by atoms with van der Waals surface area (Å²) in [5.41, 5.74) is 1.28. The molecule has 6 heteroatoms. The monoisotopic (exact) mass is 336 g/mol. The minimum atomic E-state index is -1.65. The van der Waals surface area contributed by atoms with E-state index in [4.69, 9.17) is 26.1 Å². The van der Waals surface area contributed by atoms with Gasteiger partial charge in [-0.05, 0) is 35.8 Å². The average Bonchev–Trinajstić information content (AvgIpc) is 2.79. The van der Waals surface area contributed by atoms with E-state index in [1.807, 2.05) is 7.11 Å². The molecule has 0 amide bonds. The van der Waals surface area contributed by atoms with Gasteiger partial charge in [0.1, 0.15) is 6.10 Å². The largest absolute Gasteiger partial charge is 0.472 e. The van der Waals surface area contributed by atoms with Crippen LogP contribution in [0.1, 0.15) is 34.1 Å². The fourth-order valence-electron chi connectivity index (χ4n) is 2.93. The Morgan fingerprint density at radius 2 is 2.00 bits per heavy atom.